The molecule has 0 aliphatic rings. The van der Waals surface area contributed by atoms with Crippen LogP contribution in [0.4, 0.5) is 5.69 Å². The normalized spacial score (nSPS) is 10.8. The Bertz CT molecular complexity index is 566. The van der Waals surface area contributed by atoms with E-state index in [4.69, 9.17) is 9.47 Å². The van der Waals surface area contributed by atoms with Crippen molar-refractivity contribution >= 4 is 5.69 Å². The van der Waals surface area contributed by atoms with Crippen LogP contribution in [0.3, 0.4) is 0 Å². The molecule has 0 spiro atoms. The number of benzene rings is 1. The van der Waals surface area contributed by atoms with Crippen LogP contribution in [0.25, 0.3) is 0 Å². The SMILES string of the molecule is COCCOCc1cccc(NCc2cn(C)nc2C)c1. The van der Waals surface area contributed by atoms with E-state index in [0.717, 1.165) is 23.5 Å². The van der Waals surface area contributed by atoms with Crippen LogP contribution in [-0.4, -0.2) is 30.1 Å². The lowest BCUT2D eigenvalue weighted by Gasteiger charge is -2.08. The first-order chi connectivity index (χ1) is 10.2. The van der Waals surface area contributed by atoms with Gasteiger partial charge in [0.2, 0.25) is 0 Å². The van der Waals surface area contributed by atoms with Crippen LogP contribution in [0.2, 0.25) is 0 Å². The third-order valence-corrected chi connectivity index (χ3v) is 3.23. The molecule has 0 radical (unpaired) electrons. The van der Waals surface area contributed by atoms with Gasteiger partial charge in [-0.15, -0.1) is 0 Å². The average Bonchev–Trinajstić information content (AvgIpc) is 2.80. The van der Waals surface area contributed by atoms with Gasteiger partial charge in [-0.3, -0.25) is 4.68 Å². The van der Waals surface area contributed by atoms with Gasteiger partial charge in [-0.05, 0) is 24.6 Å². The monoisotopic (exact) mass is 289 g/mol. The van der Waals surface area contributed by atoms with Gasteiger partial charge in [0, 0.05) is 38.1 Å². The first kappa shape index (κ1) is 15.5. The number of nitrogens with one attached hydrogen (secondary N) is 1. The van der Waals surface area contributed by atoms with Crippen molar-refractivity contribution in [1.29, 1.82) is 0 Å². The van der Waals surface area contributed by atoms with Crippen LogP contribution in [0.1, 0.15) is 16.8 Å². The van der Waals surface area contributed by atoms with Gasteiger partial charge >= 0.3 is 0 Å². The van der Waals surface area contributed by atoms with Gasteiger partial charge in [0.05, 0.1) is 25.5 Å². The lowest BCUT2D eigenvalue weighted by molar-refractivity contribution is 0.0617. The maximum Gasteiger partial charge on any atom is 0.0718 e. The number of anilines is 1. The van der Waals surface area contributed by atoms with Crippen LogP contribution in [0.5, 0.6) is 0 Å². The smallest absolute Gasteiger partial charge is 0.0718 e. The zero-order valence-electron chi connectivity index (χ0n) is 12.9. The highest BCUT2D eigenvalue weighted by molar-refractivity contribution is 5.46. The number of aromatic nitrogens is 2. The van der Waals surface area contributed by atoms with E-state index >= 15 is 0 Å². The molecule has 0 atom stereocenters. The van der Waals surface area contributed by atoms with Crippen LogP contribution in [0.15, 0.2) is 30.5 Å². The topological polar surface area (TPSA) is 48.3 Å². The summed E-state index contributed by atoms with van der Waals surface area (Å²) in [5.41, 5.74) is 4.51. The molecule has 1 heterocycles. The molecule has 2 rings (SSSR count). The van der Waals surface area contributed by atoms with Crippen molar-refractivity contribution in [3.8, 4) is 0 Å². The fourth-order valence-electron chi connectivity index (χ4n) is 2.12. The molecule has 0 saturated heterocycles. The summed E-state index contributed by atoms with van der Waals surface area (Å²) >= 11 is 0. The fourth-order valence-corrected chi connectivity index (χ4v) is 2.12. The summed E-state index contributed by atoms with van der Waals surface area (Å²) in [5, 5.41) is 7.77. The largest absolute Gasteiger partial charge is 0.382 e. The molecule has 114 valence electrons. The average molecular weight is 289 g/mol. The molecule has 0 aliphatic heterocycles. The lowest BCUT2D eigenvalue weighted by Crippen LogP contribution is -2.03. The Morgan fingerprint density at radius 2 is 2.14 bits per heavy atom. The number of methoxy groups -OCH3 is 1. The van der Waals surface area contributed by atoms with Crippen LogP contribution < -0.4 is 5.32 Å². The Labute approximate surface area is 125 Å². The van der Waals surface area contributed by atoms with E-state index in [0.29, 0.717) is 19.8 Å². The summed E-state index contributed by atoms with van der Waals surface area (Å²) in [5.74, 6) is 0. The van der Waals surface area contributed by atoms with Crippen molar-refractivity contribution in [3.63, 3.8) is 0 Å². The van der Waals surface area contributed by atoms with Crippen molar-refractivity contribution in [3.05, 3.63) is 47.3 Å². The highest BCUT2D eigenvalue weighted by Crippen LogP contribution is 2.14. The molecule has 1 aromatic carbocycles. The predicted octanol–water partition coefficient (Wildman–Crippen LogP) is 2.50. The Kier molecular flexibility index (Phi) is 5.78. The summed E-state index contributed by atoms with van der Waals surface area (Å²) in [7, 11) is 3.61. The Balaban J connectivity index is 1.87. The second-order valence-corrected chi connectivity index (χ2v) is 5.01. The predicted molar refractivity (Wildman–Crippen MR) is 83.2 cm³/mol. The van der Waals surface area contributed by atoms with E-state index in [2.05, 4.69) is 28.6 Å². The van der Waals surface area contributed by atoms with Crippen molar-refractivity contribution in [2.24, 2.45) is 7.05 Å². The van der Waals surface area contributed by atoms with Crippen molar-refractivity contribution in [2.45, 2.75) is 20.1 Å². The second kappa shape index (κ2) is 7.81. The molecule has 0 saturated carbocycles. The zero-order chi connectivity index (χ0) is 15.1. The number of aryl methyl sites for hydroxylation is 2. The van der Waals surface area contributed by atoms with E-state index in [9.17, 15) is 0 Å². The molecule has 21 heavy (non-hydrogen) atoms. The minimum Gasteiger partial charge on any atom is -0.382 e. The standard InChI is InChI=1S/C16H23N3O2/c1-13-15(11-19(2)18-13)10-17-16-6-4-5-14(9-16)12-21-8-7-20-3/h4-6,9,11,17H,7-8,10,12H2,1-3H3. The summed E-state index contributed by atoms with van der Waals surface area (Å²) < 4.78 is 12.3. The molecule has 5 nitrogen and oxygen atoms in total. The van der Waals surface area contributed by atoms with Gasteiger partial charge in [0.1, 0.15) is 0 Å². The molecule has 0 bridgehead atoms. The van der Waals surface area contributed by atoms with Gasteiger partial charge in [0.15, 0.2) is 0 Å². The third kappa shape index (κ3) is 4.88. The van der Waals surface area contributed by atoms with Gasteiger partial charge in [-0.2, -0.15) is 5.10 Å². The van der Waals surface area contributed by atoms with E-state index in [1.165, 1.54) is 5.56 Å². The van der Waals surface area contributed by atoms with Crippen molar-refractivity contribution < 1.29 is 9.47 Å². The molecule has 0 unspecified atom stereocenters. The van der Waals surface area contributed by atoms with Gasteiger partial charge in [-0.25, -0.2) is 0 Å². The molecule has 0 amide bonds. The Hall–Kier alpha value is -1.85. The molecule has 2 aromatic rings. The highest BCUT2D eigenvalue weighted by Gasteiger charge is 2.03. The molecule has 0 fully saturated rings. The van der Waals surface area contributed by atoms with E-state index in [1.807, 2.05) is 30.9 Å². The summed E-state index contributed by atoms with van der Waals surface area (Å²) in [6.07, 6.45) is 2.04. The van der Waals surface area contributed by atoms with Crippen molar-refractivity contribution in [1.82, 2.24) is 9.78 Å². The minimum atomic E-state index is 0.602. The van der Waals surface area contributed by atoms with Crippen molar-refractivity contribution in [2.75, 3.05) is 25.6 Å². The third-order valence-electron chi connectivity index (χ3n) is 3.23. The van der Waals surface area contributed by atoms with E-state index in [1.54, 1.807) is 7.11 Å². The summed E-state index contributed by atoms with van der Waals surface area (Å²) in [6, 6.07) is 8.27. The van der Waals surface area contributed by atoms with Crippen LogP contribution in [0, 0.1) is 6.92 Å². The van der Waals surface area contributed by atoms with E-state index in [-0.39, 0.29) is 0 Å². The van der Waals surface area contributed by atoms with Gasteiger partial charge in [0.25, 0.3) is 0 Å². The van der Waals surface area contributed by atoms with E-state index < -0.39 is 0 Å². The Morgan fingerprint density at radius 3 is 2.86 bits per heavy atom. The van der Waals surface area contributed by atoms with Gasteiger partial charge < -0.3 is 14.8 Å². The number of nitrogens with zero attached hydrogens (tertiary/aromatic N) is 2. The first-order valence-electron chi connectivity index (χ1n) is 7.07. The second-order valence-electron chi connectivity index (χ2n) is 5.01. The minimum absolute atomic E-state index is 0.602. The summed E-state index contributed by atoms with van der Waals surface area (Å²) in [4.78, 5) is 0. The summed E-state index contributed by atoms with van der Waals surface area (Å²) in [6.45, 7) is 4.64. The molecule has 1 N–H and O–H groups in total. The number of ether oxygens (including phenoxy) is 2. The van der Waals surface area contributed by atoms with Crippen LogP contribution in [-0.2, 0) is 29.7 Å². The maximum absolute atomic E-state index is 5.53. The maximum atomic E-state index is 5.53. The van der Waals surface area contributed by atoms with Gasteiger partial charge in [-0.1, -0.05) is 12.1 Å². The Morgan fingerprint density at radius 1 is 1.29 bits per heavy atom. The number of hydrogen-bond acceptors (Lipinski definition) is 4. The molecule has 0 aliphatic carbocycles. The molecule has 1 aromatic heterocycles. The lowest BCUT2D eigenvalue weighted by atomic mass is 10.2. The fraction of sp³-hybridized carbons (Fsp3) is 0.438. The first-order valence-corrected chi connectivity index (χ1v) is 7.07. The quantitative estimate of drug-likeness (QED) is 0.759. The highest BCUT2D eigenvalue weighted by atomic mass is 16.5. The van der Waals surface area contributed by atoms with Crippen LogP contribution >= 0.6 is 0 Å². The molecule has 5 heteroatoms. The zero-order valence-corrected chi connectivity index (χ0v) is 12.9. The number of hydrogen-bond donors (Lipinski definition) is 1. The molecular formula is C16H23N3O2. The molecular weight excluding hydrogens is 266 g/mol. The number of rotatable bonds is 8.